The number of halogens is 1. The van der Waals surface area contributed by atoms with Gasteiger partial charge in [-0.3, -0.25) is 14.6 Å². The van der Waals surface area contributed by atoms with Gasteiger partial charge in [0.05, 0.1) is 37.6 Å². The fourth-order valence-electron chi connectivity index (χ4n) is 5.10. The lowest BCUT2D eigenvalue weighted by molar-refractivity contribution is -0.139. The Bertz CT molecular complexity index is 1610. The topological polar surface area (TPSA) is 144 Å². The van der Waals surface area contributed by atoms with Gasteiger partial charge in [-0.05, 0) is 76.9 Å². The molecule has 11 nitrogen and oxygen atoms in total. The molecule has 2 bridgehead atoms. The summed E-state index contributed by atoms with van der Waals surface area (Å²) >= 11 is 6.22. The number of pyridine rings is 1. The Morgan fingerprint density at radius 1 is 1.16 bits per heavy atom. The summed E-state index contributed by atoms with van der Waals surface area (Å²) in [6.45, 7) is -0.0383. The van der Waals surface area contributed by atoms with Crippen LogP contribution < -0.4 is 10.6 Å². The number of esters is 1. The van der Waals surface area contributed by atoms with Gasteiger partial charge in [0.25, 0.3) is 0 Å². The fourth-order valence-corrected chi connectivity index (χ4v) is 5.29. The number of carbonyl (C=O) groups excluding carboxylic acids is 2. The largest absolute Gasteiger partial charge is 0.469 e. The first-order valence-corrected chi connectivity index (χ1v) is 14.4. The summed E-state index contributed by atoms with van der Waals surface area (Å²) in [5.41, 5.74) is 5.50. The van der Waals surface area contributed by atoms with Crippen molar-refractivity contribution in [3.8, 4) is 16.8 Å². The third-order valence-electron chi connectivity index (χ3n) is 7.30. The molecule has 3 heterocycles. The van der Waals surface area contributed by atoms with Crippen molar-refractivity contribution in [3.63, 3.8) is 0 Å². The molecule has 5 rings (SSSR count). The molecule has 0 unspecified atom stereocenters. The maximum atomic E-state index is 13.2. The molecule has 0 fully saturated rings. The minimum atomic E-state index is -0.336. The first kappa shape index (κ1) is 29.9. The molecule has 2 aromatic heterocycles. The predicted octanol–water partition coefficient (Wildman–Crippen LogP) is 4.31. The van der Waals surface area contributed by atoms with E-state index in [-0.39, 0.29) is 37.0 Å². The van der Waals surface area contributed by atoms with E-state index in [0.29, 0.717) is 22.7 Å². The zero-order valence-corrected chi connectivity index (χ0v) is 24.4. The van der Waals surface area contributed by atoms with E-state index in [1.807, 2.05) is 30.3 Å². The van der Waals surface area contributed by atoms with E-state index in [4.69, 9.17) is 16.3 Å². The summed E-state index contributed by atoms with van der Waals surface area (Å²) < 4.78 is 6.34. The summed E-state index contributed by atoms with van der Waals surface area (Å²) in [4.78, 5) is 29.7. The van der Waals surface area contributed by atoms with E-state index < -0.39 is 0 Å². The summed E-state index contributed by atoms with van der Waals surface area (Å²) in [5.74, 6) is -0.609. The Balaban J connectivity index is 1.42. The van der Waals surface area contributed by atoms with Gasteiger partial charge < -0.3 is 20.5 Å². The highest BCUT2D eigenvalue weighted by Crippen LogP contribution is 2.33. The van der Waals surface area contributed by atoms with Crippen molar-refractivity contribution in [1.29, 1.82) is 0 Å². The molecular formula is C31H32ClN7O4. The molecule has 0 spiro atoms. The van der Waals surface area contributed by atoms with E-state index in [1.165, 1.54) is 24.2 Å². The number of methoxy groups -OCH3 is 1. The van der Waals surface area contributed by atoms with Crippen LogP contribution >= 0.6 is 11.6 Å². The van der Waals surface area contributed by atoms with Crippen LogP contribution in [0.2, 0.25) is 5.02 Å². The number of benzene rings is 2. The highest BCUT2D eigenvalue weighted by Gasteiger charge is 2.20. The molecule has 2 atom stereocenters. The molecule has 12 heteroatoms. The van der Waals surface area contributed by atoms with Crippen LogP contribution in [0, 0.1) is 0 Å². The van der Waals surface area contributed by atoms with Gasteiger partial charge in [-0.25, -0.2) is 0 Å². The minimum Gasteiger partial charge on any atom is -0.469 e. The monoisotopic (exact) mass is 601 g/mol. The predicted molar refractivity (Wildman–Crippen MR) is 162 cm³/mol. The maximum Gasteiger partial charge on any atom is 0.309 e. The lowest BCUT2D eigenvalue weighted by Crippen LogP contribution is -2.28. The number of fused-ring (bicyclic) bond motifs is 4. The molecule has 3 N–H and O–H groups in total. The molecular weight excluding hydrogens is 570 g/mol. The van der Waals surface area contributed by atoms with E-state index in [1.54, 1.807) is 30.5 Å². The number of tetrazole rings is 1. The average Bonchev–Trinajstić information content (AvgIpc) is 3.55. The van der Waals surface area contributed by atoms with Gasteiger partial charge in [-0.1, -0.05) is 36.6 Å². The first-order chi connectivity index (χ1) is 20.9. The Kier molecular flexibility index (Phi) is 9.75. The van der Waals surface area contributed by atoms with Gasteiger partial charge in [0.2, 0.25) is 5.91 Å². The molecule has 0 saturated heterocycles. The average molecular weight is 602 g/mol. The lowest BCUT2D eigenvalue weighted by atomic mass is 9.95. The molecule has 2 aromatic carbocycles. The highest BCUT2D eigenvalue weighted by atomic mass is 35.5. The molecule has 1 aliphatic rings. The van der Waals surface area contributed by atoms with Gasteiger partial charge in [0, 0.05) is 40.2 Å². The van der Waals surface area contributed by atoms with Crippen molar-refractivity contribution >= 4 is 35.2 Å². The van der Waals surface area contributed by atoms with Crippen LogP contribution in [-0.2, 0) is 20.7 Å². The van der Waals surface area contributed by atoms with Crippen LogP contribution in [0.1, 0.15) is 48.5 Å². The molecule has 222 valence electrons. The van der Waals surface area contributed by atoms with Crippen molar-refractivity contribution < 1.29 is 19.4 Å². The Morgan fingerprint density at radius 3 is 2.81 bits per heavy atom. The third kappa shape index (κ3) is 7.62. The second-order valence-electron chi connectivity index (χ2n) is 10.3. The van der Waals surface area contributed by atoms with Crippen LogP contribution in [-0.4, -0.2) is 61.9 Å². The number of anilines is 1. The highest BCUT2D eigenvalue weighted by molar-refractivity contribution is 6.30. The Labute approximate surface area is 253 Å². The number of aliphatic hydroxyl groups is 1. The maximum absolute atomic E-state index is 13.2. The van der Waals surface area contributed by atoms with Crippen LogP contribution in [0.15, 0.2) is 67.1 Å². The number of hydrogen-bond acceptors (Lipinski definition) is 9. The van der Waals surface area contributed by atoms with Gasteiger partial charge >= 0.3 is 5.97 Å². The standard InChI is InChI=1S/C31H32ClN7O4/c1-43-31(42)15-20-6-9-25-21-12-13-33-28(17-21)26(5-3-2-4-24(18-40)35-27(25)14-20)36-30(41)11-7-22-16-23(32)8-10-29(22)39-19-34-37-38-39/h6-14,16-17,19,24,26,35,40H,2-5,15,18H2,1H3,(H,36,41)/b11-7+/t24-,26+/m1/s1. The number of nitrogens with zero attached hydrogens (tertiary/aromatic N) is 5. The number of hydrogen-bond donors (Lipinski definition) is 3. The van der Waals surface area contributed by atoms with Gasteiger partial charge in [0.15, 0.2) is 0 Å². The van der Waals surface area contributed by atoms with Gasteiger partial charge in [-0.15, -0.1) is 5.10 Å². The van der Waals surface area contributed by atoms with Gasteiger partial charge in [0.1, 0.15) is 6.33 Å². The van der Waals surface area contributed by atoms with E-state index in [9.17, 15) is 14.7 Å². The van der Waals surface area contributed by atoms with Crippen molar-refractivity contribution in [2.75, 3.05) is 19.0 Å². The molecule has 43 heavy (non-hydrogen) atoms. The SMILES string of the molecule is COC(=O)Cc1ccc2c(c1)N[C@@H](CO)CCCC[C@H](NC(=O)/C=C/c1cc(Cl)ccc1-n1cnnn1)c1cc-2ccn1. The van der Waals surface area contributed by atoms with Crippen molar-refractivity contribution in [2.45, 2.75) is 44.2 Å². The summed E-state index contributed by atoms with van der Waals surface area (Å²) in [6.07, 6.45) is 9.52. The second-order valence-corrected chi connectivity index (χ2v) is 10.7. The van der Waals surface area contributed by atoms with Gasteiger partial charge in [-0.2, -0.15) is 4.68 Å². The van der Waals surface area contributed by atoms with Crippen LogP contribution in [0.5, 0.6) is 0 Å². The van der Waals surface area contributed by atoms with E-state index in [2.05, 4.69) is 31.1 Å². The molecule has 0 radical (unpaired) electrons. The number of ether oxygens (including phenoxy) is 1. The number of aromatic nitrogens is 5. The normalized spacial score (nSPS) is 16.8. The second kappa shape index (κ2) is 14.0. The number of amides is 1. The molecule has 1 amide bonds. The van der Waals surface area contributed by atoms with Crippen molar-refractivity contribution in [3.05, 3.63) is 89.0 Å². The zero-order chi connectivity index (χ0) is 30.2. The molecule has 1 aliphatic heterocycles. The molecule has 0 saturated carbocycles. The van der Waals surface area contributed by atoms with Crippen molar-refractivity contribution in [2.24, 2.45) is 0 Å². The smallest absolute Gasteiger partial charge is 0.309 e. The Hall–Kier alpha value is -4.61. The molecule has 0 aliphatic carbocycles. The summed E-state index contributed by atoms with van der Waals surface area (Å²) in [6, 6.07) is 14.4. The summed E-state index contributed by atoms with van der Waals surface area (Å²) in [5, 5.41) is 28.5. The van der Waals surface area contributed by atoms with E-state index >= 15 is 0 Å². The molecule has 4 aromatic rings. The quantitative estimate of drug-likeness (QED) is 0.208. The van der Waals surface area contributed by atoms with Crippen LogP contribution in [0.4, 0.5) is 5.69 Å². The van der Waals surface area contributed by atoms with Crippen molar-refractivity contribution in [1.82, 2.24) is 30.5 Å². The zero-order valence-electron chi connectivity index (χ0n) is 23.6. The fraction of sp³-hybridized carbons (Fsp3) is 0.290. The Morgan fingerprint density at radius 2 is 2.02 bits per heavy atom. The van der Waals surface area contributed by atoms with Crippen LogP contribution in [0.25, 0.3) is 22.9 Å². The van der Waals surface area contributed by atoms with Crippen LogP contribution in [0.3, 0.4) is 0 Å². The minimum absolute atomic E-state index is 0.0383. The first-order valence-electron chi connectivity index (χ1n) is 14.0. The third-order valence-corrected chi connectivity index (χ3v) is 7.54. The summed E-state index contributed by atoms with van der Waals surface area (Å²) in [7, 11) is 1.37. The van der Waals surface area contributed by atoms with E-state index in [0.717, 1.165) is 47.3 Å². The number of rotatable bonds is 7. The number of nitrogens with one attached hydrogen (secondary N) is 2. The number of aliphatic hydroxyl groups excluding tert-OH is 1. The lowest BCUT2D eigenvalue weighted by Gasteiger charge is -2.24. The number of carbonyl (C=O) groups is 2.